The molecule has 1 N–H and O–H groups in total. The Labute approximate surface area is 186 Å². The van der Waals surface area contributed by atoms with Gasteiger partial charge in [-0.3, -0.25) is 4.79 Å². The second-order valence-electron chi connectivity index (χ2n) is 11.1. The van der Waals surface area contributed by atoms with Crippen LogP contribution in [0.25, 0.3) is 0 Å². The largest absolute Gasteiger partial charge is 0.393 e. The number of ketones is 1. The molecule has 1 heterocycles. The van der Waals surface area contributed by atoms with E-state index < -0.39 is 0 Å². The maximum Gasteiger partial charge on any atom is 0.156 e. The Hall–Kier alpha value is -1.87. The van der Waals surface area contributed by atoms with Gasteiger partial charge in [-0.25, -0.2) is 0 Å². The second kappa shape index (κ2) is 7.07. The van der Waals surface area contributed by atoms with E-state index in [9.17, 15) is 9.90 Å². The number of hydrogen-bond donors (Lipinski definition) is 1. The van der Waals surface area contributed by atoms with Gasteiger partial charge in [-0.2, -0.15) is 0 Å². The van der Waals surface area contributed by atoms with Crippen molar-refractivity contribution in [3.63, 3.8) is 0 Å². The SMILES string of the molecule is Cc1ccc(C2CC3(C)C(O)CCC3C3CCC4=CC(=O)CCC4=C23)cc1N1CCC1. The van der Waals surface area contributed by atoms with Crippen LogP contribution in [-0.4, -0.2) is 30.1 Å². The van der Waals surface area contributed by atoms with Crippen LogP contribution in [0.5, 0.6) is 0 Å². The number of carbonyl (C=O) groups excluding carboxylic acids is 1. The molecule has 0 amide bonds. The molecular weight excluding hydrogens is 382 g/mol. The molecule has 1 aromatic carbocycles. The first-order valence-electron chi connectivity index (χ1n) is 12.5. The fourth-order valence-corrected chi connectivity index (χ4v) is 7.67. The summed E-state index contributed by atoms with van der Waals surface area (Å²) in [4.78, 5) is 14.7. The van der Waals surface area contributed by atoms with E-state index >= 15 is 0 Å². The highest BCUT2D eigenvalue weighted by Crippen LogP contribution is 2.64. The van der Waals surface area contributed by atoms with Crippen molar-refractivity contribution in [2.45, 2.75) is 77.2 Å². The molecule has 5 unspecified atom stereocenters. The molecule has 1 saturated heterocycles. The third kappa shape index (κ3) is 2.92. The summed E-state index contributed by atoms with van der Waals surface area (Å²) in [5.41, 5.74) is 8.67. The lowest BCUT2D eigenvalue weighted by atomic mass is 9.53. The third-order valence-electron chi connectivity index (χ3n) is 9.51. The fourth-order valence-electron chi connectivity index (χ4n) is 7.67. The van der Waals surface area contributed by atoms with Crippen LogP contribution in [0.2, 0.25) is 0 Å². The van der Waals surface area contributed by atoms with E-state index in [1.54, 1.807) is 5.57 Å². The fraction of sp³-hybridized carbons (Fsp3) is 0.607. The normalized spacial score (nSPS) is 37.1. The van der Waals surface area contributed by atoms with Gasteiger partial charge in [0.25, 0.3) is 0 Å². The van der Waals surface area contributed by atoms with Gasteiger partial charge in [-0.1, -0.05) is 24.6 Å². The van der Waals surface area contributed by atoms with Crippen molar-refractivity contribution in [3.05, 3.63) is 52.1 Å². The van der Waals surface area contributed by atoms with E-state index in [-0.39, 0.29) is 11.5 Å². The van der Waals surface area contributed by atoms with Gasteiger partial charge in [0, 0.05) is 31.1 Å². The van der Waals surface area contributed by atoms with Crippen molar-refractivity contribution >= 4 is 11.5 Å². The van der Waals surface area contributed by atoms with Crippen LogP contribution in [0, 0.1) is 24.2 Å². The molecule has 0 bridgehead atoms. The number of anilines is 1. The Morgan fingerprint density at radius 2 is 1.94 bits per heavy atom. The molecule has 2 saturated carbocycles. The maximum atomic E-state index is 12.2. The smallest absolute Gasteiger partial charge is 0.156 e. The van der Waals surface area contributed by atoms with Crippen molar-refractivity contribution < 1.29 is 9.90 Å². The van der Waals surface area contributed by atoms with Gasteiger partial charge < -0.3 is 10.0 Å². The van der Waals surface area contributed by atoms with Gasteiger partial charge in [0.05, 0.1) is 6.10 Å². The standard InChI is InChI=1S/C28H35NO2/c1-17-4-5-19(15-25(17)29-12-3-13-29)23-16-28(2)24(10-11-26(28)31)22-8-6-18-14-20(30)7-9-21(18)27(22)23/h4-5,14-15,22-24,26,31H,3,6-13,16H2,1-2H3. The molecule has 5 atom stereocenters. The number of allylic oxidation sites excluding steroid dienone is 4. The Bertz CT molecular complexity index is 1000. The van der Waals surface area contributed by atoms with Gasteiger partial charge >= 0.3 is 0 Å². The zero-order chi connectivity index (χ0) is 21.3. The monoisotopic (exact) mass is 417 g/mol. The molecule has 5 aliphatic rings. The number of benzene rings is 1. The van der Waals surface area contributed by atoms with E-state index in [4.69, 9.17) is 0 Å². The zero-order valence-corrected chi connectivity index (χ0v) is 19.0. The number of carbonyl (C=O) groups is 1. The van der Waals surface area contributed by atoms with E-state index in [1.165, 1.54) is 47.5 Å². The van der Waals surface area contributed by atoms with Gasteiger partial charge in [-0.05, 0) is 104 Å². The topological polar surface area (TPSA) is 40.5 Å². The summed E-state index contributed by atoms with van der Waals surface area (Å²) in [7, 11) is 0. The molecular formula is C28H35NO2. The minimum Gasteiger partial charge on any atom is -0.393 e. The third-order valence-corrected chi connectivity index (χ3v) is 9.51. The maximum absolute atomic E-state index is 12.2. The summed E-state index contributed by atoms with van der Waals surface area (Å²) in [6.45, 7) is 6.93. The lowest BCUT2D eigenvalue weighted by molar-refractivity contribution is -0.114. The van der Waals surface area contributed by atoms with Crippen molar-refractivity contribution in [1.29, 1.82) is 0 Å². The average Bonchev–Trinajstić information content (AvgIpc) is 3.02. The Morgan fingerprint density at radius 3 is 2.71 bits per heavy atom. The molecule has 1 aromatic rings. The zero-order valence-electron chi connectivity index (χ0n) is 19.0. The Kier molecular flexibility index (Phi) is 4.51. The highest BCUT2D eigenvalue weighted by molar-refractivity contribution is 5.93. The molecule has 4 aliphatic carbocycles. The predicted molar refractivity (Wildman–Crippen MR) is 124 cm³/mol. The van der Waals surface area contributed by atoms with Crippen LogP contribution in [0.15, 0.2) is 41.0 Å². The number of aliphatic hydroxyl groups is 1. The molecule has 31 heavy (non-hydrogen) atoms. The van der Waals surface area contributed by atoms with Crippen molar-refractivity contribution in [2.75, 3.05) is 18.0 Å². The quantitative estimate of drug-likeness (QED) is 0.694. The highest BCUT2D eigenvalue weighted by Gasteiger charge is 2.56. The minimum absolute atomic E-state index is 0.00685. The number of hydrogen-bond acceptors (Lipinski definition) is 3. The molecule has 1 aliphatic heterocycles. The lowest BCUT2D eigenvalue weighted by Gasteiger charge is -2.52. The van der Waals surface area contributed by atoms with E-state index in [2.05, 4.69) is 36.9 Å². The lowest BCUT2D eigenvalue weighted by Crippen LogP contribution is -2.45. The van der Waals surface area contributed by atoms with Crippen LogP contribution in [0.3, 0.4) is 0 Å². The van der Waals surface area contributed by atoms with Gasteiger partial charge in [-0.15, -0.1) is 0 Å². The molecule has 6 rings (SSSR count). The number of nitrogens with zero attached hydrogens (tertiary/aromatic N) is 1. The number of fused-ring (bicyclic) bond motifs is 4. The summed E-state index contributed by atoms with van der Waals surface area (Å²) in [6, 6.07) is 7.12. The van der Waals surface area contributed by atoms with E-state index in [0.29, 0.717) is 30.0 Å². The van der Waals surface area contributed by atoms with E-state index in [1.807, 2.05) is 6.08 Å². The molecule has 0 radical (unpaired) electrons. The molecule has 0 spiro atoms. The predicted octanol–water partition coefficient (Wildman–Crippen LogP) is 5.47. The highest BCUT2D eigenvalue weighted by atomic mass is 16.3. The van der Waals surface area contributed by atoms with Crippen LogP contribution in [0.4, 0.5) is 5.69 Å². The van der Waals surface area contributed by atoms with Crippen molar-refractivity contribution in [3.8, 4) is 0 Å². The molecule has 3 heteroatoms. The molecule has 3 nitrogen and oxygen atoms in total. The summed E-state index contributed by atoms with van der Waals surface area (Å²) in [5.74, 6) is 1.82. The summed E-state index contributed by atoms with van der Waals surface area (Å²) < 4.78 is 0. The first kappa shape index (κ1) is 19.8. The molecule has 3 fully saturated rings. The van der Waals surface area contributed by atoms with Crippen LogP contribution >= 0.6 is 0 Å². The van der Waals surface area contributed by atoms with Crippen molar-refractivity contribution in [2.24, 2.45) is 17.3 Å². The summed E-state index contributed by atoms with van der Waals surface area (Å²) in [5, 5.41) is 11.1. The number of aliphatic hydroxyl groups excluding tert-OH is 1. The number of aryl methyl sites for hydroxylation is 1. The minimum atomic E-state index is -0.184. The van der Waals surface area contributed by atoms with E-state index in [0.717, 1.165) is 38.5 Å². The summed E-state index contributed by atoms with van der Waals surface area (Å²) in [6.07, 6.45) is 9.97. The second-order valence-corrected chi connectivity index (χ2v) is 11.1. The van der Waals surface area contributed by atoms with Gasteiger partial charge in [0.15, 0.2) is 5.78 Å². The Balaban J connectivity index is 1.50. The van der Waals surface area contributed by atoms with Crippen LogP contribution < -0.4 is 4.90 Å². The first-order valence-corrected chi connectivity index (χ1v) is 12.5. The van der Waals surface area contributed by atoms with Gasteiger partial charge in [0.2, 0.25) is 0 Å². The van der Waals surface area contributed by atoms with Crippen LogP contribution in [0.1, 0.15) is 75.3 Å². The van der Waals surface area contributed by atoms with Crippen molar-refractivity contribution in [1.82, 2.24) is 0 Å². The van der Waals surface area contributed by atoms with Gasteiger partial charge in [0.1, 0.15) is 0 Å². The molecule has 164 valence electrons. The average molecular weight is 418 g/mol. The van der Waals surface area contributed by atoms with Crippen LogP contribution in [-0.2, 0) is 4.79 Å². The summed E-state index contributed by atoms with van der Waals surface area (Å²) >= 11 is 0. The molecule has 0 aromatic heterocycles. The first-order chi connectivity index (χ1) is 15.0. The number of rotatable bonds is 2. The Morgan fingerprint density at radius 1 is 1.10 bits per heavy atom.